The van der Waals surface area contributed by atoms with Crippen molar-refractivity contribution >= 4 is 27.8 Å². The van der Waals surface area contributed by atoms with E-state index in [2.05, 4.69) is 32.6 Å². The van der Waals surface area contributed by atoms with Gasteiger partial charge in [0.15, 0.2) is 0 Å². The highest BCUT2D eigenvalue weighted by atomic mass is 79.9. The van der Waals surface area contributed by atoms with Crippen LogP contribution in [0.4, 0.5) is 0 Å². The summed E-state index contributed by atoms with van der Waals surface area (Å²) < 4.78 is 5.26. The number of nitrogens with one attached hydrogen (secondary N) is 1. The topological polar surface area (TPSA) is 55.4 Å². The van der Waals surface area contributed by atoms with Gasteiger partial charge in [-0.15, -0.1) is 0 Å². The van der Waals surface area contributed by atoms with Crippen molar-refractivity contribution in [2.45, 2.75) is 25.3 Å². The molecule has 0 heterocycles. The number of esters is 1. The minimum Gasteiger partial charge on any atom is -0.467 e. The van der Waals surface area contributed by atoms with Gasteiger partial charge in [0.05, 0.1) is 7.11 Å². The van der Waals surface area contributed by atoms with Crippen LogP contribution >= 0.6 is 15.9 Å². The number of hydrogen-bond donors (Lipinski definition) is 1. The average Bonchev–Trinajstić information content (AvgIpc) is 2.97. The van der Waals surface area contributed by atoms with Crippen LogP contribution in [0.5, 0.6) is 0 Å². The van der Waals surface area contributed by atoms with Gasteiger partial charge in [-0.05, 0) is 17.3 Å². The minimum absolute atomic E-state index is 0.0702. The molecule has 15 heavy (non-hydrogen) atoms. The summed E-state index contributed by atoms with van der Waals surface area (Å²) in [5, 5.41) is 2.66. The maximum absolute atomic E-state index is 11.5. The molecule has 1 atom stereocenters. The first-order valence-corrected chi connectivity index (χ1v) is 5.55. The standard InChI is InChI=1S/C10H14BrNO3/c1-6(11)5-8(10(14)15-2)12-9(13)7-3-4-7/h7-8H,1,3-5H2,2H3,(H,12,13)/t8-/m1/s1. The second-order valence-electron chi connectivity index (χ2n) is 3.58. The molecular weight excluding hydrogens is 262 g/mol. The van der Waals surface area contributed by atoms with E-state index in [4.69, 9.17) is 0 Å². The van der Waals surface area contributed by atoms with Crippen molar-refractivity contribution in [2.24, 2.45) is 5.92 Å². The Kier molecular flexibility index (Phi) is 4.32. The SMILES string of the molecule is C=C(Br)C[C@@H](NC(=O)C1CC1)C(=O)OC. The van der Waals surface area contributed by atoms with Gasteiger partial charge in [0.25, 0.3) is 0 Å². The summed E-state index contributed by atoms with van der Waals surface area (Å²) >= 11 is 3.16. The zero-order valence-corrected chi connectivity index (χ0v) is 10.2. The van der Waals surface area contributed by atoms with Crippen LogP contribution in [0.1, 0.15) is 19.3 Å². The van der Waals surface area contributed by atoms with Gasteiger partial charge in [0.2, 0.25) is 5.91 Å². The van der Waals surface area contributed by atoms with Crippen molar-refractivity contribution in [3.05, 3.63) is 11.1 Å². The lowest BCUT2D eigenvalue weighted by Gasteiger charge is -2.15. The van der Waals surface area contributed by atoms with Crippen molar-refractivity contribution in [3.8, 4) is 0 Å². The van der Waals surface area contributed by atoms with E-state index in [1.807, 2.05) is 0 Å². The maximum Gasteiger partial charge on any atom is 0.328 e. The van der Waals surface area contributed by atoms with Crippen LogP contribution in [-0.2, 0) is 14.3 Å². The Hall–Kier alpha value is -0.840. The van der Waals surface area contributed by atoms with Crippen LogP contribution in [0.2, 0.25) is 0 Å². The van der Waals surface area contributed by atoms with Crippen LogP contribution in [-0.4, -0.2) is 25.0 Å². The number of methoxy groups -OCH3 is 1. The van der Waals surface area contributed by atoms with Crippen molar-refractivity contribution < 1.29 is 14.3 Å². The fraction of sp³-hybridized carbons (Fsp3) is 0.600. The third kappa shape index (κ3) is 4.03. The van der Waals surface area contributed by atoms with Gasteiger partial charge in [-0.2, -0.15) is 0 Å². The van der Waals surface area contributed by atoms with Crippen LogP contribution in [0, 0.1) is 5.92 Å². The Morgan fingerprint density at radius 1 is 1.60 bits per heavy atom. The number of rotatable bonds is 5. The van der Waals surface area contributed by atoms with Crippen LogP contribution in [0.3, 0.4) is 0 Å². The quantitative estimate of drug-likeness (QED) is 0.771. The third-order valence-electron chi connectivity index (χ3n) is 2.18. The molecule has 1 fully saturated rings. The van der Waals surface area contributed by atoms with E-state index in [-0.39, 0.29) is 11.8 Å². The number of carbonyl (C=O) groups excluding carboxylic acids is 2. The van der Waals surface area contributed by atoms with E-state index < -0.39 is 12.0 Å². The predicted molar refractivity (Wildman–Crippen MR) is 59.4 cm³/mol. The van der Waals surface area contributed by atoms with Crippen molar-refractivity contribution in [1.29, 1.82) is 0 Å². The largest absolute Gasteiger partial charge is 0.467 e. The van der Waals surface area contributed by atoms with E-state index in [1.54, 1.807) is 0 Å². The highest BCUT2D eigenvalue weighted by Gasteiger charge is 2.32. The lowest BCUT2D eigenvalue weighted by atomic mass is 10.2. The van der Waals surface area contributed by atoms with Gasteiger partial charge in [-0.25, -0.2) is 4.79 Å². The molecule has 0 spiro atoms. The lowest BCUT2D eigenvalue weighted by Crippen LogP contribution is -2.42. The lowest BCUT2D eigenvalue weighted by molar-refractivity contribution is -0.145. The molecule has 0 saturated heterocycles. The first kappa shape index (κ1) is 12.2. The third-order valence-corrected chi connectivity index (χ3v) is 2.50. The molecule has 1 saturated carbocycles. The zero-order chi connectivity index (χ0) is 11.4. The molecule has 0 aromatic rings. The first-order chi connectivity index (χ1) is 7.04. The Labute approximate surface area is 97.2 Å². The minimum atomic E-state index is -0.630. The fourth-order valence-electron chi connectivity index (χ4n) is 1.19. The molecule has 1 amide bonds. The highest BCUT2D eigenvalue weighted by Crippen LogP contribution is 2.29. The Bertz CT molecular complexity index is 286. The molecule has 1 aliphatic carbocycles. The molecule has 1 aliphatic rings. The zero-order valence-electron chi connectivity index (χ0n) is 8.59. The Morgan fingerprint density at radius 2 is 2.20 bits per heavy atom. The molecule has 0 unspecified atom stereocenters. The van der Waals surface area contributed by atoms with E-state index in [0.29, 0.717) is 10.9 Å². The number of ether oxygens (including phenoxy) is 1. The molecular formula is C10H14BrNO3. The Morgan fingerprint density at radius 3 is 2.60 bits per heavy atom. The molecule has 5 heteroatoms. The summed E-state index contributed by atoms with van der Waals surface area (Å²) in [4.78, 5) is 22.8. The summed E-state index contributed by atoms with van der Waals surface area (Å²) in [6, 6.07) is -0.630. The van der Waals surface area contributed by atoms with Gasteiger partial charge < -0.3 is 10.1 Å². The number of hydrogen-bond acceptors (Lipinski definition) is 3. The number of amides is 1. The van der Waals surface area contributed by atoms with E-state index in [1.165, 1.54) is 7.11 Å². The predicted octanol–water partition coefficient (Wildman–Crippen LogP) is 1.35. The summed E-state index contributed by atoms with van der Waals surface area (Å²) in [7, 11) is 1.30. The van der Waals surface area contributed by atoms with Crippen molar-refractivity contribution in [1.82, 2.24) is 5.32 Å². The normalized spacial score (nSPS) is 16.7. The van der Waals surface area contributed by atoms with E-state index in [0.717, 1.165) is 12.8 Å². The van der Waals surface area contributed by atoms with E-state index in [9.17, 15) is 9.59 Å². The van der Waals surface area contributed by atoms with Crippen LogP contribution < -0.4 is 5.32 Å². The molecule has 84 valence electrons. The van der Waals surface area contributed by atoms with Crippen molar-refractivity contribution in [3.63, 3.8) is 0 Å². The second kappa shape index (κ2) is 5.30. The second-order valence-corrected chi connectivity index (χ2v) is 4.70. The van der Waals surface area contributed by atoms with Crippen LogP contribution in [0.15, 0.2) is 11.1 Å². The van der Waals surface area contributed by atoms with Crippen molar-refractivity contribution in [2.75, 3.05) is 7.11 Å². The molecule has 1 N–H and O–H groups in total. The molecule has 0 aromatic carbocycles. The van der Waals surface area contributed by atoms with Gasteiger partial charge in [-0.3, -0.25) is 4.79 Å². The number of halogens is 1. The maximum atomic E-state index is 11.5. The smallest absolute Gasteiger partial charge is 0.328 e. The molecule has 0 bridgehead atoms. The first-order valence-electron chi connectivity index (χ1n) is 4.76. The monoisotopic (exact) mass is 275 g/mol. The van der Waals surface area contributed by atoms with Gasteiger partial charge in [0, 0.05) is 12.3 Å². The van der Waals surface area contributed by atoms with Gasteiger partial charge in [0.1, 0.15) is 6.04 Å². The van der Waals surface area contributed by atoms with E-state index >= 15 is 0 Å². The average molecular weight is 276 g/mol. The summed E-state index contributed by atoms with van der Waals surface area (Å²) in [6.07, 6.45) is 2.18. The van der Waals surface area contributed by atoms with Gasteiger partial charge >= 0.3 is 5.97 Å². The fourth-order valence-corrected chi connectivity index (χ4v) is 1.52. The summed E-state index contributed by atoms with van der Waals surface area (Å²) in [5.41, 5.74) is 0. The molecule has 1 rings (SSSR count). The Balaban J connectivity index is 2.50. The molecule has 0 radical (unpaired) electrons. The van der Waals surface area contributed by atoms with Crippen LogP contribution in [0.25, 0.3) is 0 Å². The molecule has 4 nitrogen and oxygen atoms in total. The molecule has 0 aliphatic heterocycles. The summed E-state index contributed by atoms with van der Waals surface area (Å²) in [6.45, 7) is 3.64. The summed E-state index contributed by atoms with van der Waals surface area (Å²) in [5.74, 6) is -0.426. The highest BCUT2D eigenvalue weighted by molar-refractivity contribution is 9.11. The van der Waals surface area contributed by atoms with Gasteiger partial charge in [-0.1, -0.05) is 22.5 Å². The molecule has 0 aromatic heterocycles. The number of carbonyl (C=O) groups is 2.